The van der Waals surface area contributed by atoms with Gasteiger partial charge in [0.1, 0.15) is 5.82 Å². The second-order valence-corrected chi connectivity index (χ2v) is 8.70. The first-order chi connectivity index (χ1) is 11.9. The zero-order chi connectivity index (χ0) is 17.6. The van der Waals surface area contributed by atoms with Crippen molar-refractivity contribution in [3.8, 4) is 0 Å². The molecule has 1 aromatic heterocycles. The van der Waals surface area contributed by atoms with Gasteiger partial charge >= 0.3 is 0 Å². The first-order valence-electron chi connectivity index (χ1n) is 9.69. The Hall–Kier alpha value is -1.68. The highest BCUT2D eigenvalue weighted by molar-refractivity contribution is 5.27. The highest BCUT2D eigenvalue weighted by Crippen LogP contribution is 2.52. The van der Waals surface area contributed by atoms with E-state index in [1.54, 1.807) is 0 Å². The van der Waals surface area contributed by atoms with Crippen molar-refractivity contribution in [1.29, 1.82) is 0 Å². The molecule has 0 bridgehead atoms. The molecule has 4 nitrogen and oxygen atoms in total. The van der Waals surface area contributed by atoms with Gasteiger partial charge in [-0.05, 0) is 29.7 Å². The summed E-state index contributed by atoms with van der Waals surface area (Å²) in [7, 11) is 0. The summed E-state index contributed by atoms with van der Waals surface area (Å²) in [5, 5.41) is 8.65. The average Bonchev–Trinajstić information content (AvgIpc) is 3.02. The molecule has 1 saturated carbocycles. The number of aryl methyl sites for hydroxylation is 1. The van der Waals surface area contributed by atoms with Crippen LogP contribution in [0.25, 0.3) is 0 Å². The quantitative estimate of drug-likeness (QED) is 0.920. The van der Waals surface area contributed by atoms with Gasteiger partial charge in [0, 0.05) is 24.4 Å². The van der Waals surface area contributed by atoms with Gasteiger partial charge in [-0.3, -0.25) is 0 Å². The van der Waals surface area contributed by atoms with Crippen LogP contribution in [0.5, 0.6) is 0 Å². The fourth-order valence-corrected chi connectivity index (χ4v) is 4.45. The fourth-order valence-electron chi connectivity index (χ4n) is 4.45. The Bertz CT molecular complexity index is 732. The van der Waals surface area contributed by atoms with Crippen molar-refractivity contribution in [1.82, 2.24) is 20.1 Å². The van der Waals surface area contributed by atoms with Crippen LogP contribution in [-0.2, 0) is 13.0 Å². The van der Waals surface area contributed by atoms with Crippen LogP contribution in [0.15, 0.2) is 30.3 Å². The van der Waals surface area contributed by atoms with Gasteiger partial charge in [0.15, 0.2) is 5.82 Å². The maximum atomic E-state index is 4.72. The summed E-state index contributed by atoms with van der Waals surface area (Å²) in [6.45, 7) is 10.1. The van der Waals surface area contributed by atoms with Crippen molar-refractivity contribution in [3.05, 3.63) is 47.5 Å². The molecule has 25 heavy (non-hydrogen) atoms. The minimum atomic E-state index is 0.299. The number of nitrogens with zero attached hydrogens (tertiary/aromatic N) is 3. The Morgan fingerprint density at radius 1 is 1.20 bits per heavy atom. The summed E-state index contributed by atoms with van der Waals surface area (Å²) in [6, 6.07) is 12.1. The van der Waals surface area contributed by atoms with Gasteiger partial charge in [-0.1, -0.05) is 58.0 Å². The van der Waals surface area contributed by atoms with Crippen LogP contribution in [-0.4, -0.2) is 26.8 Å². The van der Waals surface area contributed by atoms with E-state index in [4.69, 9.17) is 10.1 Å². The van der Waals surface area contributed by atoms with Crippen LogP contribution in [0, 0.1) is 5.41 Å². The zero-order valence-electron chi connectivity index (χ0n) is 15.9. The highest BCUT2D eigenvalue weighted by Gasteiger charge is 2.49. The Morgan fingerprint density at radius 3 is 2.64 bits per heavy atom. The number of aromatic nitrogens is 3. The average molecular weight is 338 g/mol. The Balaban J connectivity index is 1.40. The summed E-state index contributed by atoms with van der Waals surface area (Å²) in [4.78, 5) is 4.70. The molecule has 4 heteroatoms. The van der Waals surface area contributed by atoms with Crippen LogP contribution in [0.1, 0.15) is 69.6 Å². The molecule has 0 unspecified atom stereocenters. The van der Waals surface area contributed by atoms with Crippen LogP contribution in [0.2, 0.25) is 0 Å². The number of nitrogens with one attached hydrogen (secondary N) is 1. The molecule has 2 aromatic rings. The third kappa shape index (κ3) is 3.01. The number of rotatable bonds is 4. The van der Waals surface area contributed by atoms with E-state index in [2.05, 4.69) is 68.0 Å². The van der Waals surface area contributed by atoms with Crippen LogP contribution >= 0.6 is 0 Å². The largest absolute Gasteiger partial charge is 0.309 e. The molecule has 1 aliphatic carbocycles. The molecule has 1 N–H and O–H groups in total. The van der Waals surface area contributed by atoms with Crippen molar-refractivity contribution >= 4 is 0 Å². The molecule has 0 radical (unpaired) electrons. The number of benzene rings is 1. The van der Waals surface area contributed by atoms with Crippen LogP contribution in [0.4, 0.5) is 0 Å². The van der Waals surface area contributed by atoms with Crippen molar-refractivity contribution < 1.29 is 0 Å². The number of fused-ring (bicyclic) bond motifs is 1. The van der Waals surface area contributed by atoms with E-state index in [0.717, 1.165) is 24.6 Å². The summed E-state index contributed by atoms with van der Waals surface area (Å²) in [6.07, 6.45) is 3.43. The lowest BCUT2D eigenvalue weighted by molar-refractivity contribution is 0.0548. The van der Waals surface area contributed by atoms with E-state index in [1.165, 1.54) is 18.4 Å². The monoisotopic (exact) mass is 338 g/mol. The second kappa shape index (κ2) is 6.24. The van der Waals surface area contributed by atoms with Crippen molar-refractivity contribution in [3.63, 3.8) is 0 Å². The van der Waals surface area contributed by atoms with Gasteiger partial charge in [0.25, 0.3) is 0 Å². The lowest BCUT2D eigenvalue weighted by Crippen LogP contribution is -2.59. The standard InChI is InChI=1S/C21H30N4/c1-14(2)20-23-19-11-10-16(13-25(19)24-20)22-18-12-17(21(18,3)4)15-8-6-5-7-9-15/h5-9,14,16-18,22H,10-13H2,1-4H3/t16-,17-,18+/m1/s1. The van der Waals surface area contributed by atoms with E-state index in [-0.39, 0.29) is 0 Å². The van der Waals surface area contributed by atoms with Crippen molar-refractivity contribution in [2.75, 3.05) is 0 Å². The molecule has 0 saturated heterocycles. The maximum Gasteiger partial charge on any atom is 0.153 e. The third-order valence-corrected chi connectivity index (χ3v) is 6.30. The molecule has 0 amide bonds. The number of hydrogen-bond donors (Lipinski definition) is 1. The molecule has 134 valence electrons. The Morgan fingerprint density at radius 2 is 1.96 bits per heavy atom. The molecule has 1 fully saturated rings. The molecule has 0 spiro atoms. The normalized spacial score (nSPS) is 27.8. The third-order valence-electron chi connectivity index (χ3n) is 6.30. The van der Waals surface area contributed by atoms with E-state index >= 15 is 0 Å². The SMILES string of the molecule is CC(C)c1nc2n(n1)C[C@H](N[C@H]1C[C@H](c3ccccc3)C1(C)C)CC2. The minimum absolute atomic E-state index is 0.299. The first-order valence-corrected chi connectivity index (χ1v) is 9.69. The van der Waals surface area contributed by atoms with Gasteiger partial charge < -0.3 is 5.32 Å². The smallest absolute Gasteiger partial charge is 0.153 e. The molecular weight excluding hydrogens is 308 g/mol. The van der Waals surface area contributed by atoms with Gasteiger partial charge in [-0.15, -0.1) is 0 Å². The molecule has 1 aliphatic heterocycles. The number of hydrogen-bond acceptors (Lipinski definition) is 3. The summed E-state index contributed by atoms with van der Waals surface area (Å²) in [5.74, 6) is 3.21. The second-order valence-electron chi connectivity index (χ2n) is 8.70. The predicted molar refractivity (Wildman–Crippen MR) is 101 cm³/mol. The minimum Gasteiger partial charge on any atom is -0.309 e. The Labute approximate surface area is 151 Å². The molecule has 4 rings (SSSR count). The zero-order valence-corrected chi connectivity index (χ0v) is 15.9. The van der Waals surface area contributed by atoms with E-state index in [0.29, 0.717) is 29.3 Å². The molecule has 2 heterocycles. The van der Waals surface area contributed by atoms with Gasteiger partial charge in [-0.25, -0.2) is 9.67 Å². The maximum absolute atomic E-state index is 4.72. The van der Waals surface area contributed by atoms with Gasteiger partial charge in [0.05, 0.1) is 6.54 Å². The Kier molecular flexibility index (Phi) is 4.19. The van der Waals surface area contributed by atoms with Crippen molar-refractivity contribution in [2.24, 2.45) is 5.41 Å². The van der Waals surface area contributed by atoms with E-state index in [1.807, 2.05) is 0 Å². The predicted octanol–water partition coefficient (Wildman–Crippen LogP) is 3.89. The lowest BCUT2D eigenvalue weighted by atomic mass is 9.56. The highest BCUT2D eigenvalue weighted by atomic mass is 15.4. The summed E-state index contributed by atoms with van der Waals surface area (Å²) < 4.78 is 2.14. The van der Waals surface area contributed by atoms with E-state index < -0.39 is 0 Å². The molecular formula is C21H30N4. The van der Waals surface area contributed by atoms with Gasteiger partial charge in [-0.2, -0.15) is 5.10 Å². The van der Waals surface area contributed by atoms with E-state index in [9.17, 15) is 0 Å². The molecule has 3 atom stereocenters. The topological polar surface area (TPSA) is 42.7 Å². The fraction of sp³-hybridized carbons (Fsp3) is 0.619. The van der Waals surface area contributed by atoms with Crippen LogP contribution < -0.4 is 5.32 Å². The molecule has 1 aromatic carbocycles. The molecule has 2 aliphatic rings. The summed E-state index contributed by atoms with van der Waals surface area (Å²) >= 11 is 0. The van der Waals surface area contributed by atoms with Gasteiger partial charge in [0.2, 0.25) is 0 Å². The lowest BCUT2D eigenvalue weighted by Gasteiger charge is -2.54. The van der Waals surface area contributed by atoms with Crippen molar-refractivity contribution in [2.45, 2.75) is 77.4 Å². The summed E-state index contributed by atoms with van der Waals surface area (Å²) in [5.41, 5.74) is 1.78. The van der Waals surface area contributed by atoms with Crippen LogP contribution in [0.3, 0.4) is 0 Å². The first kappa shape index (κ1) is 16.8.